The Bertz CT molecular complexity index is 1710. The largest absolute Gasteiger partial charge is 0.481 e. The van der Waals surface area contributed by atoms with E-state index in [1.807, 2.05) is 18.2 Å². The van der Waals surface area contributed by atoms with Gasteiger partial charge in [0.2, 0.25) is 29.5 Å². The number of aromatic nitrogens is 1. The number of carbonyl (C=O) groups is 8. The minimum Gasteiger partial charge on any atom is -0.481 e. The van der Waals surface area contributed by atoms with Gasteiger partial charge in [0.25, 0.3) is 0 Å². The van der Waals surface area contributed by atoms with Crippen molar-refractivity contribution in [3.05, 3.63) is 36.0 Å². The van der Waals surface area contributed by atoms with Gasteiger partial charge in [0, 0.05) is 36.5 Å². The molecule has 5 amide bonds. The lowest BCUT2D eigenvalue weighted by Crippen LogP contribution is -2.60. The Hall–Kier alpha value is -5.52. The van der Waals surface area contributed by atoms with Crippen molar-refractivity contribution in [2.45, 2.75) is 109 Å². The highest BCUT2D eigenvalue weighted by Crippen LogP contribution is 2.21. The van der Waals surface area contributed by atoms with Crippen LogP contribution in [0.25, 0.3) is 10.9 Å². The van der Waals surface area contributed by atoms with Crippen LogP contribution in [-0.2, 0) is 44.8 Å². The minimum atomic E-state index is -1.70. The van der Waals surface area contributed by atoms with Crippen LogP contribution >= 0.6 is 0 Å². The fourth-order valence-corrected chi connectivity index (χ4v) is 6.28. The normalized spacial score (nSPS) is 16.9. The van der Waals surface area contributed by atoms with Gasteiger partial charge >= 0.3 is 17.9 Å². The summed E-state index contributed by atoms with van der Waals surface area (Å²) in [6.45, 7) is 6.94. The molecule has 1 fully saturated rings. The predicted octanol–water partition coefficient (Wildman–Crippen LogP) is 0.0941. The average molecular weight is 758 g/mol. The maximum Gasteiger partial charge on any atom is 0.326 e. The third-order valence-electron chi connectivity index (χ3n) is 9.14. The van der Waals surface area contributed by atoms with E-state index in [2.05, 4.69) is 26.3 Å². The van der Waals surface area contributed by atoms with Crippen LogP contribution in [0.5, 0.6) is 0 Å². The SMILES string of the molecule is CC(C)CC(NC(=O)C(Cc1c[nH]c2ccccc12)NC(=O)C(N)CCC(=O)O)C(=O)NC(CC(=O)O)C(=O)NC(C(=O)N1CCCC1C(=O)O)C(C)C. The number of nitrogens with one attached hydrogen (secondary N) is 5. The Balaban J connectivity index is 1.85. The zero-order chi connectivity index (χ0) is 40.3. The number of nitrogens with two attached hydrogens (primary N) is 1. The summed E-state index contributed by atoms with van der Waals surface area (Å²) in [4.78, 5) is 107. The molecule has 6 unspecified atom stereocenters. The number of hydrogen-bond acceptors (Lipinski definition) is 9. The number of hydrogen-bond donors (Lipinski definition) is 9. The molecule has 6 atom stereocenters. The number of H-pyrrole nitrogens is 1. The molecule has 0 spiro atoms. The number of carboxylic acids is 3. The van der Waals surface area contributed by atoms with E-state index >= 15 is 0 Å². The van der Waals surface area contributed by atoms with Crippen molar-refractivity contribution < 1.29 is 53.7 Å². The second-order valence-corrected chi connectivity index (χ2v) is 14.3. The fraction of sp³-hybridized carbons (Fsp3) is 0.556. The first-order valence-corrected chi connectivity index (χ1v) is 17.9. The minimum absolute atomic E-state index is 0.0313. The lowest BCUT2D eigenvalue weighted by molar-refractivity contribution is -0.150. The lowest BCUT2D eigenvalue weighted by Gasteiger charge is -2.31. The Morgan fingerprint density at radius 2 is 1.44 bits per heavy atom. The van der Waals surface area contributed by atoms with Crippen LogP contribution in [0.3, 0.4) is 0 Å². The third-order valence-corrected chi connectivity index (χ3v) is 9.14. The van der Waals surface area contributed by atoms with Gasteiger partial charge in [-0.1, -0.05) is 45.9 Å². The number of benzene rings is 1. The van der Waals surface area contributed by atoms with Crippen molar-refractivity contribution in [1.82, 2.24) is 31.2 Å². The van der Waals surface area contributed by atoms with Crippen molar-refractivity contribution in [2.75, 3.05) is 6.54 Å². The second-order valence-electron chi connectivity index (χ2n) is 14.3. The monoisotopic (exact) mass is 757 g/mol. The number of carbonyl (C=O) groups excluding carboxylic acids is 5. The van der Waals surface area contributed by atoms with Crippen molar-refractivity contribution in [3.8, 4) is 0 Å². The van der Waals surface area contributed by atoms with Crippen LogP contribution in [0.15, 0.2) is 30.5 Å². The van der Waals surface area contributed by atoms with Crippen LogP contribution in [0.1, 0.15) is 71.8 Å². The van der Waals surface area contributed by atoms with Gasteiger partial charge < -0.3 is 52.2 Å². The van der Waals surface area contributed by atoms with Crippen LogP contribution in [-0.4, -0.2) is 115 Å². The number of fused-ring (bicyclic) bond motifs is 1. The number of carboxylic acid groups (broad SMARTS) is 3. The van der Waals surface area contributed by atoms with E-state index in [1.165, 1.54) is 0 Å². The highest BCUT2D eigenvalue weighted by Gasteiger charge is 2.40. The molecule has 0 saturated carbocycles. The first-order chi connectivity index (χ1) is 25.4. The second kappa shape index (κ2) is 19.5. The quantitative estimate of drug-likeness (QED) is 0.0869. The van der Waals surface area contributed by atoms with E-state index in [-0.39, 0.29) is 44.6 Å². The van der Waals surface area contributed by atoms with Crippen LogP contribution < -0.4 is 27.0 Å². The Morgan fingerprint density at radius 1 is 0.833 bits per heavy atom. The van der Waals surface area contributed by atoms with Gasteiger partial charge in [-0.3, -0.25) is 33.6 Å². The van der Waals surface area contributed by atoms with Gasteiger partial charge in [0.05, 0.1) is 12.5 Å². The molecule has 0 bridgehead atoms. The number of likely N-dealkylation sites (tertiary alicyclic amines) is 1. The van der Waals surface area contributed by atoms with E-state index in [1.54, 1.807) is 40.0 Å². The molecule has 18 nitrogen and oxygen atoms in total. The van der Waals surface area contributed by atoms with E-state index in [0.29, 0.717) is 12.0 Å². The Labute approximate surface area is 312 Å². The van der Waals surface area contributed by atoms with Crippen molar-refractivity contribution in [3.63, 3.8) is 0 Å². The predicted molar refractivity (Wildman–Crippen MR) is 193 cm³/mol. The summed E-state index contributed by atoms with van der Waals surface area (Å²) in [7, 11) is 0. The van der Waals surface area contributed by atoms with Crippen molar-refractivity contribution in [1.29, 1.82) is 0 Å². The molecule has 1 aliphatic heterocycles. The number of nitrogens with zero attached hydrogens (tertiary/aromatic N) is 1. The molecule has 10 N–H and O–H groups in total. The molecule has 1 saturated heterocycles. The smallest absolute Gasteiger partial charge is 0.326 e. The fourth-order valence-electron chi connectivity index (χ4n) is 6.28. The van der Waals surface area contributed by atoms with E-state index in [9.17, 15) is 48.6 Å². The molecule has 2 heterocycles. The lowest BCUT2D eigenvalue weighted by atomic mass is 9.99. The maximum atomic E-state index is 13.9. The molecule has 2 aromatic rings. The summed E-state index contributed by atoms with van der Waals surface area (Å²) in [6, 6.07) is -0.648. The Kier molecular flexibility index (Phi) is 15.5. The molecule has 296 valence electrons. The molecule has 0 radical (unpaired) electrons. The summed E-state index contributed by atoms with van der Waals surface area (Å²) >= 11 is 0. The molecule has 0 aliphatic carbocycles. The maximum absolute atomic E-state index is 13.9. The highest BCUT2D eigenvalue weighted by atomic mass is 16.4. The Morgan fingerprint density at radius 3 is 2.06 bits per heavy atom. The van der Waals surface area contributed by atoms with Gasteiger partial charge in [-0.15, -0.1) is 0 Å². The van der Waals surface area contributed by atoms with Gasteiger partial charge in [0.1, 0.15) is 30.2 Å². The number of aromatic amines is 1. The summed E-state index contributed by atoms with van der Waals surface area (Å²) < 4.78 is 0. The van der Waals surface area contributed by atoms with Crippen molar-refractivity contribution >= 4 is 58.3 Å². The molecular weight excluding hydrogens is 706 g/mol. The van der Waals surface area contributed by atoms with E-state index < -0.39 is 96.0 Å². The first-order valence-electron chi connectivity index (χ1n) is 17.9. The zero-order valence-electron chi connectivity index (χ0n) is 30.8. The zero-order valence-corrected chi connectivity index (χ0v) is 30.8. The molecule has 54 heavy (non-hydrogen) atoms. The third kappa shape index (κ3) is 12.0. The average Bonchev–Trinajstić information content (AvgIpc) is 3.75. The van der Waals surface area contributed by atoms with E-state index in [4.69, 9.17) is 10.8 Å². The number of para-hydroxylation sites is 1. The van der Waals surface area contributed by atoms with Crippen LogP contribution in [0, 0.1) is 11.8 Å². The first kappa shape index (κ1) is 42.9. The van der Waals surface area contributed by atoms with E-state index in [0.717, 1.165) is 15.8 Å². The summed E-state index contributed by atoms with van der Waals surface area (Å²) in [5, 5.41) is 39.1. The summed E-state index contributed by atoms with van der Waals surface area (Å²) in [6.07, 6.45) is 0.860. The summed E-state index contributed by atoms with van der Waals surface area (Å²) in [5.74, 6) is -8.69. The standard InChI is InChI=1S/C36H51N7O11/c1-18(2)14-24(32(49)41-26(16-29(46)47)34(51)42-30(19(3)4)35(52)43-13-7-10-27(43)36(53)54)40-33(50)25(39-31(48)22(37)11-12-28(44)45)15-20-17-38-23-9-6-5-8-21(20)23/h5-6,8-9,17-19,22,24-27,30,38H,7,10-16,37H2,1-4H3,(H,39,48)(H,40,50)(H,41,49)(H,42,51)(H,44,45)(H,46,47)(H,53,54). The molecule has 1 aromatic carbocycles. The summed E-state index contributed by atoms with van der Waals surface area (Å²) in [5.41, 5.74) is 7.34. The molecule has 18 heteroatoms. The van der Waals surface area contributed by atoms with Gasteiger partial charge in [-0.05, 0) is 49.1 Å². The molecular formula is C36H51N7O11. The number of rotatable bonds is 20. The molecule has 1 aromatic heterocycles. The van der Waals surface area contributed by atoms with Crippen LogP contribution in [0.2, 0.25) is 0 Å². The molecule has 3 rings (SSSR count). The van der Waals surface area contributed by atoms with Gasteiger partial charge in [-0.25, -0.2) is 4.79 Å². The van der Waals surface area contributed by atoms with Gasteiger partial charge in [0.15, 0.2) is 0 Å². The highest BCUT2D eigenvalue weighted by molar-refractivity contribution is 5.98. The van der Waals surface area contributed by atoms with Gasteiger partial charge in [-0.2, -0.15) is 0 Å². The van der Waals surface area contributed by atoms with Crippen molar-refractivity contribution in [2.24, 2.45) is 17.6 Å². The molecule has 1 aliphatic rings. The topological polar surface area (TPSA) is 290 Å². The van der Waals surface area contributed by atoms with Crippen LogP contribution in [0.4, 0.5) is 0 Å². The number of aliphatic carboxylic acids is 3. The number of amides is 5.